The molecule has 0 bridgehead atoms. The number of anilines is 1. The van der Waals surface area contributed by atoms with Gasteiger partial charge in [-0.15, -0.1) is 0 Å². The Bertz CT molecular complexity index is 338. The summed E-state index contributed by atoms with van der Waals surface area (Å²) < 4.78 is 0. The Hall–Kier alpha value is -1.16. The van der Waals surface area contributed by atoms with E-state index in [1.165, 1.54) is 0 Å². The van der Waals surface area contributed by atoms with E-state index in [2.05, 4.69) is 11.2 Å². The Labute approximate surface area is 95.2 Å². The minimum atomic E-state index is 0.126. The Kier molecular flexibility index (Phi) is 4.49. The average Bonchev–Trinajstić information content (AvgIpc) is 2.25. The molecule has 3 N–H and O–H groups in total. The first kappa shape index (κ1) is 11.9. The SMILES string of the molecule is CSCCN(C)c1ccccc1C(=N)N. The number of nitrogens with zero attached hydrogens (tertiary/aromatic N) is 1. The van der Waals surface area contributed by atoms with E-state index in [-0.39, 0.29) is 5.84 Å². The van der Waals surface area contributed by atoms with E-state index in [1.54, 1.807) is 0 Å². The van der Waals surface area contributed by atoms with Crippen LogP contribution in [0.4, 0.5) is 5.69 Å². The largest absolute Gasteiger partial charge is 0.384 e. The molecule has 1 aromatic carbocycles. The third kappa shape index (κ3) is 3.16. The maximum Gasteiger partial charge on any atom is 0.124 e. The van der Waals surface area contributed by atoms with Crippen LogP contribution in [0.25, 0.3) is 0 Å². The van der Waals surface area contributed by atoms with Gasteiger partial charge in [-0.25, -0.2) is 0 Å². The van der Waals surface area contributed by atoms with E-state index < -0.39 is 0 Å². The van der Waals surface area contributed by atoms with Crippen LogP contribution in [-0.4, -0.2) is 31.4 Å². The average molecular weight is 223 g/mol. The molecule has 0 heterocycles. The molecule has 1 rings (SSSR count). The lowest BCUT2D eigenvalue weighted by Crippen LogP contribution is -2.24. The zero-order valence-corrected chi connectivity index (χ0v) is 9.97. The summed E-state index contributed by atoms with van der Waals surface area (Å²) >= 11 is 1.81. The van der Waals surface area contributed by atoms with Crippen molar-refractivity contribution >= 4 is 23.3 Å². The Morgan fingerprint density at radius 3 is 2.73 bits per heavy atom. The summed E-state index contributed by atoms with van der Waals surface area (Å²) in [6.07, 6.45) is 2.09. The fourth-order valence-corrected chi connectivity index (χ4v) is 1.84. The van der Waals surface area contributed by atoms with Gasteiger partial charge in [0.2, 0.25) is 0 Å². The molecule has 3 nitrogen and oxygen atoms in total. The lowest BCUT2D eigenvalue weighted by atomic mass is 10.1. The quantitative estimate of drug-likeness (QED) is 0.591. The summed E-state index contributed by atoms with van der Waals surface area (Å²) in [6, 6.07) is 7.75. The smallest absolute Gasteiger partial charge is 0.124 e. The van der Waals surface area contributed by atoms with Crippen LogP contribution in [0, 0.1) is 5.41 Å². The van der Waals surface area contributed by atoms with Gasteiger partial charge >= 0.3 is 0 Å². The van der Waals surface area contributed by atoms with E-state index in [4.69, 9.17) is 11.1 Å². The number of nitrogens with two attached hydrogens (primary N) is 1. The lowest BCUT2D eigenvalue weighted by Gasteiger charge is -2.21. The Balaban J connectivity index is 2.87. The maximum atomic E-state index is 7.49. The van der Waals surface area contributed by atoms with Crippen molar-refractivity contribution in [2.45, 2.75) is 0 Å². The summed E-state index contributed by atoms with van der Waals surface area (Å²) in [5, 5.41) is 7.49. The second-order valence-electron chi connectivity index (χ2n) is 3.35. The van der Waals surface area contributed by atoms with E-state index >= 15 is 0 Å². The maximum absolute atomic E-state index is 7.49. The van der Waals surface area contributed by atoms with E-state index in [0.717, 1.165) is 23.5 Å². The molecule has 0 aliphatic carbocycles. The molecule has 0 aromatic heterocycles. The standard InChI is InChI=1S/C11H17N3S/c1-14(7-8-15-2)10-6-4-3-5-9(10)11(12)13/h3-6H,7-8H2,1-2H3,(H3,12,13). The Morgan fingerprint density at radius 2 is 2.13 bits per heavy atom. The Morgan fingerprint density at radius 1 is 1.47 bits per heavy atom. The minimum absolute atomic E-state index is 0.126. The number of para-hydroxylation sites is 1. The number of benzene rings is 1. The molecule has 4 heteroatoms. The first-order chi connectivity index (χ1) is 7.16. The van der Waals surface area contributed by atoms with Crippen molar-refractivity contribution < 1.29 is 0 Å². The molecule has 0 saturated carbocycles. The molecule has 82 valence electrons. The first-order valence-corrected chi connectivity index (χ1v) is 6.19. The molecule has 0 radical (unpaired) electrons. The van der Waals surface area contributed by atoms with Gasteiger partial charge < -0.3 is 10.6 Å². The van der Waals surface area contributed by atoms with Crippen LogP contribution in [0.3, 0.4) is 0 Å². The van der Waals surface area contributed by atoms with Gasteiger partial charge in [0.05, 0.1) is 0 Å². The van der Waals surface area contributed by atoms with Crippen LogP contribution in [0.2, 0.25) is 0 Å². The highest BCUT2D eigenvalue weighted by atomic mass is 32.2. The number of rotatable bonds is 5. The second-order valence-corrected chi connectivity index (χ2v) is 4.33. The van der Waals surface area contributed by atoms with Gasteiger partial charge in [0.15, 0.2) is 0 Å². The van der Waals surface area contributed by atoms with Crippen molar-refractivity contribution in [1.29, 1.82) is 5.41 Å². The number of thioether (sulfide) groups is 1. The highest BCUT2D eigenvalue weighted by Gasteiger charge is 2.07. The second kappa shape index (κ2) is 5.66. The van der Waals surface area contributed by atoms with Gasteiger partial charge in [0.1, 0.15) is 5.84 Å². The van der Waals surface area contributed by atoms with Gasteiger partial charge in [-0.3, -0.25) is 5.41 Å². The van der Waals surface area contributed by atoms with Crippen molar-refractivity contribution in [1.82, 2.24) is 0 Å². The van der Waals surface area contributed by atoms with Gasteiger partial charge in [-0.05, 0) is 18.4 Å². The molecule has 0 spiro atoms. The summed E-state index contributed by atoms with van der Waals surface area (Å²) in [5.74, 6) is 1.20. The van der Waals surface area contributed by atoms with Gasteiger partial charge in [-0.1, -0.05) is 12.1 Å². The fraction of sp³-hybridized carbons (Fsp3) is 0.364. The van der Waals surface area contributed by atoms with Crippen LogP contribution in [-0.2, 0) is 0 Å². The highest BCUT2D eigenvalue weighted by molar-refractivity contribution is 7.98. The van der Waals surface area contributed by atoms with Crippen LogP contribution in [0.1, 0.15) is 5.56 Å². The monoisotopic (exact) mass is 223 g/mol. The zero-order valence-electron chi connectivity index (χ0n) is 9.16. The molecule has 0 unspecified atom stereocenters. The number of amidine groups is 1. The number of nitrogens with one attached hydrogen (secondary N) is 1. The molecule has 15 heavy (non-hydrogen) atoms. The van der Waals surface area contributed by atoms with Crippen LogP contribution >= 0.6 is 11.8 Å². The van der Waals surface area contributed by atoms with Crippen molar-refractivity contribution in [3.05, 3.63) is 29.8 Å². The topological polar surface area (TPSA) is 53.1 Å². The summed E-state index contributed by atoms with van der Waals surface area (Å²) in [6.45, 7) is 0.964. The van der Waals surface area contributed by atoms with Crippen molar-refractivity contribution in [3.63, 3.8) is 0 Å². The summed E-state index contributed by atoms with van der Waals surface area (Å²) in [7, 11) is 2.03. The normalized spacial score (nSPS) is 10.0. The number of hydrogen-bond donors (Lipinski definition) is 2. The molecular weight excluding hydrogens is 206 g/mol. The first-order valence-electron chi connectivity index (χ1n) is 4.80. The lowest BCUT2D eigenvalue weighted by molar-refractivity contribution is 0.976. The molecule has 0 aliphatic rings. The van der Waals surface area contributed by atoms with Gasteiger partial charge in [0, 0.05) is 30.6 Å². The predicted molar refractivity (Wildman–Crippen MR) is 69.1 cm³/mol. The van der Waals surface area contributed by atoms with Crippen LogP contribution in [0.5, 0.6) is 0 Å². The number of hydrogen-bond acceptors (Lipinski definition) is 3. The van der Waals surface area contributed by atoms with E-state index in [0.29, 0.717) is 0 Å². The van der Waals surface area contributed by atoms with Gasteiger partial charge in [-0.2, -0.15) is 11.8 Å². The molecule has 0 amide bonds. The molecule has 0 saturated heterocycles. The summed E-state index contributed by atoms with van der Waals surface area (Å²) in [5.41, 5.74) is 7.37. The third-order valence-corrected chi connectivity index (χ3v) is 2.83. The summed E-state index contributed by atoms with van der Waals surface area (Å²) in [4.78, 5) is 2.13. The fourth-order valence-electron chi connectivity index (χ4n) is 1.38. The van der Waals surface area contributed by atoms with E-state index in [1.807, 2.05) is 43.1 Å². The minimum Gasteiger partial charge on any atom is -0.384 e. The van der Waals surface area contributed by atoms with Crippen LogP contribution in [0.15, 0.2) is 24.3 Å². The molecular formula is C11H17N3S. The zero-order chi connectivity index (χ0) is 11.3. The third-order valence-electron chi connectivity index (χ3n) is 2.24. The molecule has 0 aliphatic heterocycles. The predicted octanol–water partition coefficient (Wildman–Crippen LogP) is 1.77. The number of nitrogen functional groups attached to an aromatic ring is 1. The van der Waals surface area contributed by atoms with Gasteiger partial charge in [0.25, 0.3) is 0 Å². The van der Waals surface area contributed by atoms with Crippen LogP contribution < -0.4 is 10.6 Å². The van der Waals surface area contributed by atoms with Crippen molar-refractivity contribution in [3.8, 4) is 0 Å². The molecule has 0 fully saturated rings. The molecule has 0 atom stereocenters. The molecule has 1 aromatic rings. The van der Waals surface area contributed by atoms with Crippen molar-refractivity contribution in [2.24, 2.45) is 5.73 Å². The van der Waals surface area contributed by atoms with E-state index in [9.17, 15) is 0 Å². The van der Waals surface area contributed by atoms with Crippen molar-refractivity contribution in [2.75, 3.05) is 30.5 Å². The highest BCUT2D eigenvalue weighted by Crippen LogP contribution is 2.18.